The normalized spacial score (nSPS) is 16.7. The van der Waals surface area contributed by atoms with E-state index in [4.69, 9.17) is 4.74 Å². The Morgan fingerprint density at radius 1 is 0.617 bits per heavy atom. The number of hydrogen-bond donors (Lipinski definition) is 0. The summed E-state index contributed by atoms with van der Waals surface area (Å²) in [6, 6.07) is 50.1. The minimum absolute atomic E-state index is 0.0259. The summed E-state index contributed by atoms with van der Waals surface area (Å²) in [5, 5.41) is 14.7. The first kappa shape index (κ1) is 26.0. The summed E-state index contributed by atoms with van der Waals surface area (Å²) >= 11 is 0. The van der Waals surface area contributed by atoms with E-state index in [0.29, 0.717) is 5.57 Å². The first-order valence-corrected chi connectivity index (χ1v) is 16.0. The Bertz CT molecular complexity index is 2680. The molecule has 0 saturated heterocycles. The molecule has 0 N–H and O–H groups in total. The van der Waals surface area contributed by atoms with Crippen LogP contribution in [0.4, 0.5) is 0 Å². The minimum atomic E-state index is -0.297. The van der Waals surface area contributed by atoms with Crippen molar-refractivity contribution in [2.24, 2.45) is 0 Å². The van der Waals surface area contributed by atoms with Crippen LogP contribution in [0.25, 0.3) is 66.1 Å². The molecule has 0 amide bonds. The number of nitrogens with zero attached hydrogens (tertiary/aromatic N) is 3. The van der Waals surface area contributed by atoms with Crippen LogP contribution in [0.3, 0.4) is 0 Å². The van der Waals surface area contributed by atoms with Gasteiger partial charge in [-0.25, -0.2) is 0 Å². The molecular formula is C43H27N3O. The quantitative estimate of drug-likeness (QED) is 0.202. The molecule has 47 heavy (non-hydrogen) atoms. The molecule has 0 fully saturated rings. The maximum absolute atomic E-state index is 9.84. The second kappa shape index (κ2) is 9.84. The van der Waals surface area contributed by atoms with E-state index in [2.05, 4.69) is 155 Å². The second-order valence-electron chi connectivity index (χ2n) is 12.4. The van der Waals surface area contributed by atoms with Gasteiger partial charge in [-0.05, 0) is 65.7 Å². The summed E-state index contributed by atoms with van der Waals surface area (Å²) in [6.07, 6.45) is 5.70. The van der Waals surface area contributed by atoms with Crippen molar-refractivity contribution in [2.75, 3.05) is 0 Å². The van der Waals surface area contributed by atoms with Gasteiger partial charge in [0.15, 0.2) is 0 Å². The zero-order chi connectivity index (χ0) is 31.1. The molecule has 0 spiro atoms. The lowest BCUT2D eigenvalue weighted by atomic mass is 9.88. The van der Waals surface area contributed by atoms with Crippen molar-refractivity contribution < 1.29 is 4.74 Å². The van der Waals surface area contributed by atoms with Crippen LogP contribution in [-0.2, 0) is 0 Å². The van der Waals surface area contributed by atoms with Gasteiger partial charge in [-0.1, -0.05) is 97.1 Å². The van der Waals surface area contributed by atoms with Gasteiger partial charge in [-0.2, -0.15) is 5.26 Å². The van der Waals surface area contributed by atoms with Gasteiger partial charge >= 0.3 is 0 Å². The number of para-hydroxylation sites is 4. The van der Waals surface area contributed by atoms with Gasteiger partial charge in [0.1, 0.15) is 11.9 Å². The Hall–Kier alpha value is -6.31. The first-order valence-electron chi connectivity index (χ1n) is 16.0. The number of fused-ring (bicyclic) bond motifs is 9. The van der Waals surface area contributed by atoms with Crippen LogP contribution in [0.2, 0.25) is 0 Å². The van der Waals surface area contributed by atoms with Gasteiger partial charge in [0.05, 0.1) is 39.4 Å². The summed E-state index contributed by atoms with van der Waals surface area (Å²) in [6.45, 7) is 0. The van der Waals surface area contributed by atoms with E-state index in [1.807, 2.05) is 12.2 Å². The van der Waals surface area contributed by atoms with Crippen LogP contribution >= 0.6 is 0 Å². The van der Waals surface area contributed by atoms with Crippen molar-refractivity contribution >= 4 is 43.6 Å². The third-order valence-corrected chi connectivity index (χ3v) is 9.92. The van der Waals surface area contributed by atoms with Crippen LogP contribution in [0.5, 0.6) is 5.75 Å². The second-order valence-corrected chi connectivity index (χ2v) is 12.4. The summed E-state index contributed by atoms with van der Waals surface area (Å²) in [5.41, 5.74) is 10.9. The topological polar surface area (TPSA) is 42.9 Å². The molecule has 2 aromatic heterocycles. The maximum Gasteiger partial charge on any atom is 0.148 e. The molecule has 2 unspecified atom stereocenters. The smallest absolute Gasteiger partial charge is 0.148 e. The van der Waals surface area contributed by atoms with Gasteiger partial charge in [-0.3, -0.25) is 0 Å². The molecule has 0 radical (unpaired) electrons. The molecule has 2 aliphatic rings. The van der Waals surface area contributed by atoms with Crippen LogP contribution in [0.15, 0.2) is 157 Å². The molecule has 0 bridgehead atoms. The van der Waals surface area contributed by atoms with E-state index in [1.165, 1.54) is 43.7 Å². The first-order chi connectivity index (χ1) is 23.3. The van der Waals surface area contributed by atoms with E-state index in [0.717, 1.165) is 33.7 Å². The number of nitriles is 1. The van der Waals surface area contributed by atoms with Crippen LogP contribution in [0, 0.1) is 11.3 Å². The number of rotatable bonds is 3. The van der Waals surface area contributed by atoms with Gasteiger partial charge in [0.25, 0.3) is 0 Å². The van der Waals surface area contributed by atoms with Gasteiger partial charge in [-0.15, -0.1) is 0 Å². The number of ether oxygens (including phenoxy) is 1. The number of allylic oxidation sites excluding steroid dienone is 2. The molecule has 10 rings (SSSR count). The van der Waals surface area contributed by atoms with Crippen molar-refractivity contribution in [2.45, 2.75) is 12.0 Å². The predicted octanol–water partition coefficient (Wildman–Crippen LogP) is 10.4. The fourth-order valence-electron chi connectivity index (χ4n) is 7.92. The van der Waals surface area contributed by atoms with Crippen LogP contribution in [-0.4, -0.2) is 15.2 Å². The number of benzene rings is 6. The van der Waals surface area contributed by atoms with Gasteiger partial charge < -0.3 is 13.9 Å². The number of hydrogen-bond acceptors (Lipinski definition) is 2. The molecule has 4 nitrogen and oxygen atoms in total. The SMILES string of the molecule is N#CC1=CC=CC2c3cccc(-n4c5ccccc5c5c(-c6ccc7c(c6)c6ccccc6n7-c6ccccc6)cccc54)c3OC12. The largest absolute Gasteiger partial charge is 0.481 e. The average Bonchev–Trinajstić information content (AvgIpc) is 3.79. The highest BCUT2D eigenvalue weighted by atomic mass is 16.5. The Labute approximate surface area is 271 Å². The molecule has 3 heterocycles. The molecule has 4 heteroatoms. The van der Waals surface area contributed by atoms with Crippen LogP contribution < -0.4 is 4.74 Å². The molecule has 8 aromatic rings. The molecule has 6 aromatic carbocycles. The van der Waals surface area contributed by atoms with Crippen molar-refractivity contribution in [3.8, 4) is 34.3 Å². The lowest BCUT2D eigenvalue weighted by Gasteiger charge is -2.18. The molecule has 0 saturated carbocycles. The molecular weight excluding hydrogens is 574 g/mol. The van der Waals surface area contributed by atoms with E-state index >= 15 is 0 Å². The van der Waals surface area contributed by atoms with Crippen molar-refractivity contribution in [3.05, 3.63) is 163 Å². The Morgan fingerprint density at radius 2 is 1.34 bits per heavy atom. The van der Waals surface area contributed by atoms with E-state index in [-0.39, 0.29) is 12.0 Å². The minimum Gasteiger partial charge on any atom is -0.481 e. The van der Waals surface area contributed by atoms with E-state index < -0.39 is 0 Å². The van der Waals surface area contributed by atoms with Gasteiger partial charge in [0.2, 0.25) is 0 Å². The Kier molecular flexibility index (Phi) is 5.44. The third-order valence-electron chi connectivity index (χ3n) is 9.92. The fourth-order valence-corrected chi connectivity index (χ4v) is 7.92. The van der Waals surface area contributed by atoms with Crippen molar-refractivity contribution in [1.82, 2.24) is 9.13 Å². The summed E-state index contributed by atoms with van der Waals surface area (Å²) in [4.78, 5) is 0. The Balaban J connectivity index is 1.21. The highest BCUT2D eigenvalue weighted by Gasteiger charge is 2.38. The van der Waals surface area contributed by atoms with Gasteiger partial charge in [0, 0.05) is 38.7 Å². The van der Waals surface area contributed by atoms with Crippen molar-refractivity contribution in [1.29, 1.82) is 5.26 Å². The maximum atomic E-state index is 9.84. The number of aromatic nitrogens is 2. The molecule has 1 aliphatic carbocycles. The van der Waals surface area contributed by atoms with E-state index in [1.54, 1.807) is 0 Å². The lowest BCUT2D eigenvalue weighted by Crippen LogP contribution is -2.21. The zero-order valence-electron chi connectivity index (χ0n) is 25.3. The standard InChI is InChI=1S/C43H27N3O/c44-26-28-11-8-17-32-33-18-10-22-40(43(33)47-42(28)32)46-37-20-7-5-15-34(37)41-30(16-9-21-39(41)46)27-23-24-38-35(25-27)31-14-4-6-19-36(31)45(38)29-12-2-1-3-13-29/h1-25,32,42H. The van der Waals surface area contributed by atoms with Crippen LogP contribution in [0.1, 0.15) is 11.5 Å². The summed E-state index contributed by atoms with van der Waals surface area (Å²) in [7, 11) is 0. The van der Waals surface area contributed by atoms with Crippen molar-refractivity contribution in [3.63, 3.8) is 0 Å². The lowest BCUT2D eigenvalue weighted by molar-refractivity contribution is 0.260. The fraction of sp³-hybridized carbons (Fsp3) is 0.0465. The molecule has 220 valence electrons. The predicted molar refractivity (Wildman–Crippen MR) is 191 cm³/mol. The molecule has 2 atom stereocenters. The third kappa shape index (κ3) is 3.63. The highest BCUT2D eigenvalue weighted by Crippen LogP contribution is 2.48. The zero-order valence-corrected chi connectivity index (χ0v) is 25.3. The monoisotopic (exact) mass is 601 g/mol. The Morgan fingerprint density at radius 3 is 2.19 bits per heavy atom. The van der Waals surface area contributed by atoms with E-state index in [9.17, 15) is 5.26 Å². The average molecular weight is 602 g/mol. The summed E-state index contributed by atoms with van der Waals surface area (Å²) in [5.74, 6) is 0.872. The molecule has 1 aliphatic heterocycles. The summed E-state index contributed by atoms with van der Waals surface area (Å²) < 4.78 is 11.3. The highest BCUT2D eigenvalue weighted by molar-refractivity contribution is 6.17.